The first-order valence-electron chi connectivity index (χ1n) is 7.99. The van der Waals surface area contributed by atoms with Crippen LogP contribution in [0.4, 0.5) is 0 Å². The number of benzene rings is 2. The minimum Gasteiger partial charge on any atom is -0.496 e. The van der Waals surface area contributed by atoms with Crippen molar-refractivity contribution in [3.05, 3.63) is 59.2 Å². The van der Waals surface area contributed by atoms with Crippen LogP contribution in [0, 0.1) is 11.3 Å². The molecule has 124 valence electrons. The summed E-state index contributed by atoms with van der Waals surface area (Å²) in [5.74, 6) is 1.86. The molecule has 0 saturated carbocycles. The molecule has 0 radical (unpaired) electrons. The topological polar surface area (TPSA) is 42.2 Å². The first kappa shape index (κ1) is 17.6. The minimum atomic E-state index is 0.279. The zero-order valence-electron chi connectivity index (χ0n) is 14.7. The van der Waals surface area contributed by atoms with Crippen molar-refractivity contribution < 1.29 is 9.47 Å². The number of nitriles is 1. The van der Waals surface area contributed by atoms with Crippen molar-refractivity contribution in [2.75, 3.05) is 14.2 Å². The van der Waals surface area contributed by atoms with E-state index in [-0.39, 0.29) is 5.92 Å². The quantitative estimate of drug-likeness (QED) is 0.680. The van der Waals surface area contributed by atoms with Crippen LogP contribution in [0.25, 0.3) is 11.6 Å². The molecule has 0 atom stereocenters. The van der Waals surface area contributed by atoms with Crippen molar-refractivity contribution in [1.29, 1.82) is 5.26 Å². The Balaban J connectivity index is 2.59. The summed E-state index contributed by atoms with van der Waals surface area (Å²) in [6.07, 6.45) is 2.36. The van der Waals surface area contributed by atoms with Crippen LogP contribution in [0.2, 0.25) is 0 Å². The Labute approximate surface area is 144 Å². The second-order valence-electron chi connectivity index (χ2n) is 5.86. The van der Waals surface area contributed by atoms with Gasteiger partial charge in [-0.1, -0.05) is 50.3 Å². The van der Waals surface area contributed by atoms with E-state index in [9.17, 15) is 5.26 Å². The van der Waals surface area contributed by atoms with Crippen molar-refractivity contribution in [3.63, 3.8) is 0 Å². The molecule has 0 aliphatic heterocycles. The van der Waals surface area contributed by atoms with Crippen LogP contribution >= 0.6 is 0 Å². The van der Waals surface area contributed by atoms with Gasteiger partial charge >= 0.3 is 0 Å². The fourth-order valence-electron chi connectivity index (χ4n) is 2.77. The minimum absolute atomic E-state index is 0.279. The van der Waals surface area contributed by atoms with Gasteiger partial charge in [0.2, 0.25) is 0 Å². The van der Waals surface area contributed by atoms with E-state index in [0.29, 0.717) is 6.42 Å². The Morgan fingerprint density at radius 3 is 2.12 bits per heavy atom. The number of hydrogen-bond donors (Lipinski definition) is 0. The van der Waals surface area contributed by atoms with E-state index in [1.54, 1.807) is 14.2 Å². The lowest BCUT2D eigenvalue weighted by Crippen LogP contribution is -2.00. The lowest BCUT2D eigenvalue weighted by molar-refractivity contribution is 0.381. The molecule has 3 heteroatoms. The maximum Gasteiger partial charge on any atom is 0.126 e. The number of hydrogen-bond acceptors (Lipinski definition) is 3. The summed E-state index contributed by atoms with van der Waals surface area (Å²) in [4.78, 5) is 0. The van der Waals surface area contributed by atoms with E-state index >= 15 is 0 Å². The van der Waals surface area contributed by atoms with Crippen molar-refractivity contribution in [3.8, 4) is 17.6 Å². The molecule has 0 aliphatic carbocycles. The molecule has 0 unspecified atom stereocenters. The normalized spacial score (nSPS) is 11.2. The summed E-state index contributed by atoms with van der Waals surface area (Å²) >= 11 is 0. The Kier molecular flexibility index (Phi) is 6.03. The molecular weight excluding hydrogens is 298 g/mol. The van der Waals surface area contributed by atoms with Gasteiger partial charge in [-0.15, -0.1) is 0 Å². The first-order valence-corrected chi connectivity index (χ1v) is 7.99. The molecular formula is C21H23NO2. The van der Waals surface area contributed by atoms with E-state index < -0.39 is 0 Å². The molecule has 0 bridgehead atoms. The van der Waals surface area contributed by atoms with Gasteiger partial charge in [0.25, 0.3) is 0 Å². The summed E-state index contributed by atoms with van der Waals surface area (Å²) in [6, 6.07) is 16.2. The second-order valence-corrected chi connectivity index (χ2v) is 5.86. The van der Waals surface area contributed by atoms with Gasteiger partial charge in [-0.2, -0.15) is 5.26 Å². The molecule has 3 nitrogen and oxygen atoms in total. The predicted molar refractivity (Wildman–Crippen MR) is 98.2 cm³/mol. The molecule has 0 N–H and O–H groups in total. The van der Waals surface area contributed by atoms with Gasteiger partial charge in [-0.05, 0) is 34.8 Å². The largest absolute Gasteiger partial charge is 0.496 e. The standard InChI is InChI=1S/C21H23NO2/c1-15(2)21-19(23-3)13-18(14-20(21)24-4)17(10-11-22)12-16-8-6-5-7-9-16/h5-9,12-15H,10H2,1-4H3/b17-12-. The van der Waals surface area contributed by atoms with Gasteiger partial charge in [-0.25, -0.2) is 0 Å². The van der Waals surface area contributed by atoms with Crippen LogP contribution in [0.1, 0.15) is 42.9 Å². The Hall–Kier alpha value is -2.73. The van der Waals surface area contributed by atoms with Crippen LogP contribution < -0.4 is 9.47 Å². The van der Waals surface area contributed by atoms with Gasteiger partial charge in [0.05, 0.1) is 26.7 Å². The third-order valence-corrected chi connectivity index (χ3v) is 3.90. The molecule has 0 aliphatic rings. The lowest BCUT2D eigenvalue weighted by Gasteiger charge is -2.18. The Morgan fingerprint density at radius 2 is 1.67 bits per heavy atom. The average Bonchev–Trinajstić information content (AvgIpc) is 2.60. The SMILES string of the molecule is COc1cc(/C(=C\c2ccccc2)CC#N)cc(OC)c1C(C)C. The van der Waals surface area contributed by atoms with Crippen LogP contribution in [0.3, 0.4) is 0 Å². The van der Waals surface area contributed by atoms with E-state index in [4.69, 9.17) is 9.47 Å². The number of allylic oxidation sites excluding steroid dienone is 1. The van der Waals surface area contributed by atoms with Crippen LogP contribution in [0.15, 0.2) is 42.5 Å². The molecule has 2 aromatic rings. The molecule has 0 amide bonds. The monoisotopic (exact) mass is 321 g/mol. The van der Waals surface area contributed by atoms with Crippen LogP contribution in [-0.2, 0) is 0 Å². The smallest absolute Gasteiger partial charge is 0.126 e. The maximum absolute atomic E-state index is 9.22. The molecule has 0 fully saturated rings. The number of ether oxygens (including phenoxy) is 2. The molecule has 2 aromatic carbocycles. The predicted octanol–water partition coefficient (Wildman–Crippen LogP) is 5.28. The summed E-state index contributed by atoms with van der Waals surface area (Å²) in [6.45, 7) is 4.21. The Bertz CT molecular complexity index is 730. The van der Waals surface area contributed by atoms with Gasteiger partial charge in [0.1, 0.15) is 11.5 Å². The first-order chi connectivity index (χ1) is 11.6. The molecule has 0 spiro atoms. The molecule has 24 heavy (non-hydrogen) atoms. The number of nitrogens with zero attached hydrogens (tertiary/aromatic N) is 1. The van der Waals surface area contributed by atoms with E-state index in [1.165, 1.54) is 0 Å². The maximum atomic E-state index is 9.22. The van der Waals surface area contributed by atoms with Gasteiger partial charge in [-0.3, -0.25) is 0 Å². The van der Waals surface area contributed by atoms with Gasteiger partial charge in [0.15, 0.2) is 0 Å². The highest BCUT2D eigenvalue weighted by Crippen LogP contribution is 2.39. The fraction of sp³-hybridized carbons (Fsp3) is 0.286. The highest BCUT2D eigenvalue weighted by Gasteiger charge is 2.17. The van der Waals surface area contributed by atoms with Crippen molar-refractivity contribution in [2.24, 2.45) is 0 Å². The van der Waals surface area contributed by atoms with E-state index in [1.807, 2.05) is 48.5 Å². The molecule has 2 rings (SSSR count). The molecule has 0 aromatic heterocycles. The summed E-state index contributed by atoms with van der Waals surface area (Å²) in [5.41, 5.74) is 3.99. The third-order valence-electron chi connectivity index (χ3n) is 3.90. The van der Waals surface area contributed by atoms with Crippen molar-refractivity contribution in [2.45, 2.75) is 26.2 Å². The van der Waals surface area contributed by atoms with Crippen molar-refractivity contribution in [1.82, 2.24) is 0 Å². The van der Waals surface area contributed by atoms with Crippen LogP contribution in [0.5, 0.6) is 11.5 Å². The van der Waals surface area contributed by atoms with Crippen LogP contribution in [-0.4, -0.2) is 14.2 Å². The zero-order chi connectivity index (χ0) is 17.5. The summed E-state index contributed by atoms with van der Waals surface area (Å²) in [5, 5.41) is 9.22. The highest BCUT2D eigenvalue weighted by molar-refractivity contribution is 5.83. The van der Waals surface area contributed by atoms with E-state index in [0.717, 1.165) is 33.8 Å². The molecule has 0 heterocycles. The third kappa shape index (κ3) is 3.97. The van der Waals surface area contributed by atoms with E-state index in [2.05, 4.69) is 19.9 Å². The summed E-state index contributed by atoms with van der Waals surface area (Å²) in [7, 11) is 3.32. The average molecular weight is 321 g/mol. The highest BCUT2D eigenvalue weighted by atomic mass is 16.5. The van der Waals surface area contributed by atoms with Gasteiger partial charge in [0, 0.05) is 5.56 Å². The Morgan fingerprint density at radius 1 is 1.08 bits per heavy atom. The lowest BCUT2D eigenvalue weighted by atomic mass is 9.94. The van der Waals surface area contributed by atoms with Crippen molar-refractivity contribution >= 4 is 11.6 Å². The fourth-order valence-corrected chi connectivity index (χ4v) is 2.77. The number of methoxy groups -OCH3 is 2. The number of rotatable bonds is 6. The van der Waals surface area contributed by atoms with Gasteiger partial charge < -0.3 is 9.47 Å². The second kappa shape index (κ2) is 8.21. The molecule has 0 saturated heterocycles. The summed E-state index contributed by atoms with van der Waals surface area (Å²) < 4.78 is 11.2. The zero-order valence-corrected chi connectivity index (χ0v) is 14.7.